The van der Waals surface area contributed by atoms with Gasteiger partial charge in [-0.05, 0) is 24.0 Å². The quantitative estimate of drug-likeness (QED) is 0.645. The van der Waals surface area contributed by atoms with E-state index in [-0.39, 0.29) is 23.4 Å². The Morgan fingerprint density at radius 3 is 2.28 bits per heavy atom. The van der Waals surface area contributed by atoms with E-state index in [1.54, 1.807) is 12.1 Å². The zero-order valence-corrected chi connectivity index (χ0v) is 9.52. The maximum Gasteiger partial charge on any atom is 0.307 e. The van der Waals surface area contributed by atoms with E-state index in [1.807, 2.05) is 0 Å². The van der Waals surface area contributed by atoms with Crippen LogP contribution in [0.1, 0.15) is 0 Å². The van der Waals surface area contributed by atoms with E-state index >= 15 is 0 Å². The smallest absolute Gasteiger partial charge is 0.307 e. The van der Waals surface area contributed by atoms with E-state index in [4.69, 9.17) is 5.11 Å². The molecule has 0 amide bonds. The summed E-state index contributed by atoms with van der Waals surface area (Å²) in [6.07, 6.45) is 0. The fourth-order valence-electron chi connectivity index (χ4n) is 2.89. The summed E-state index contributed by atoms with van der Waals surface area (Å²) >= 11 is 0. The molecule has 94 valence electrons. The topological polar surface area (TPSA) is 83.7 Å². The minimum absolute atomic E-state index is 0.0755. The van der Waals surface area contributed by atoms with Gasteiger partial charge in [-0.3, -0.25) is 14.9 Å². The van der Waals surface area contributed by atoms with Crippen LogP contribution in [-0.2, 0) is 4.79 Å². The molecule has 0 aromatic heterocycles. The number of anilines is 1. The van der Waals surface area contributed by atoms with Gasteiger partial charge in [0.2, 0.25) is 0 Å². The Kier molecular flexibility index (Phi) is 2.26. The fourth-order valence-corrected chi connectivity index (χ4v) is 2.89. The van der Waals surface area contributed by atoms with Gasteiger partial charge >= 0.3 is 5.97 Å². The normalized spacial score (nSPS) is 28.9. The second-order valence-corrected chi connectivity index (χ2v) is 4.87. The lowest BCUT2D eigenvalue weighted by Crippen LogP contribution is -2.25. The van der Waals surface area contributed by atoms with Crippen LogP contribution in [0.2, 0.25) is 0 Å². The number of aliphatic carboxylic acids is 1. The van der Waals surface area contributed by atoms with Crippen molar-refractivity contribution in [2.24, 2.45) is 17.8 Å². The SMILES string of the molecule is O=C(O)C1C2CN(c3ccc([N+](=O)[O-])cc3)CC21. The Bertz CT molecular complexity index is 501. The van der Waals surface area contributed by atoms with Crippen LogP contribution in [0.5, 0.6) is 0 Å². The number of carboxylic acids is 1. The Hall–Kier alpha value is -2.11. The first-order valence-electron chi connectivity index (χ1n) is 5.80. The molecule has 2 fully saturated rings. The Balaban J connectivity index is 1.68. The fraction of sp³-hybridized carbons (Fsp3) is 0.417. The summed E-state index contributed by atoms with van der Waals surface area (Å²) in [5.74, 6) is -0.386. The molecule has 1 saturated carbocycles. The summed E-state index contributed by atoms with van der Waals surface area (Å²) in [7, 11) is 0. The number of benzene rings is 1. The highest BCUT2D eigenvalue weighted by atomic mass is 16.6. The molecule has 1 heterocycles. The summed E-state index contributed by atoms with van der Waals surface area (Å²) in [6, 6.07) is 6.40. The summed E-state index contributed by atoms with van der Waals surface area (Å²) in [6.45, 7) is 1.47. The molecular weight excluding hydrogens is 236 g/mol. The third-order valence-corrected chi connectivity index (χ3v) is 3.90. The molecule has 1 aromatic rings. The second kappa shape index (κ2) is 3.69. The molecule has 2 atom stereocenters. The molecule has 2 unspecified atom stereocenters. The number of hydrogen-bond acceptors (Lipinski definition) is 4. The molecule has 6 heteroatoms. The van der Waals surface area contributed by atoms with E-state index < -0.39 is 10.9 Å². The van der Waals surface area contributed by atoms with Crippen LogP contribution in [-0.4, -0.2) is 29.1 Å². The van der Waals surface area contributed by atoms with Crippen molar-refractivity contribution < 1.29 is 14.8 Å². The van der Waals surface area contributed by atoms with Crippen molar-refractivity contribution in [1.29, 1.82) is 0 Å². The van der Waals surface area contributed by atoms with Crippen molar-refractivity contribution in [2.45, 2.75) is 0 Å². The zero-order chi connectivity index (χ0) is 12.9. The Morgan fingerprint density at radius 2 is 1.83 bits per heavy atom. The number of carbonyl (C=O) groups is 1. The van der Waals surface area contributed by atoms with Crippen LogP contribution in [0.4, 0.5) is 11.4 Å². The van der Waals surface area contributed by atoms with E-state index in [0.717, 1.165) is 18.8 Å². The Labute approximate surface area is 103 Å². The first-order chi connectivity index (χ1) is 8.58. The molecule has 6 nitrogen and oxygen atoms in total. The van der Waals surface area contributed by atoms with Gasteiger partial charge in [-0.1, -0.05) is 0 Å². The van der Waals surface area contributed by atoms with Gasteiger partial charge in [-0.15, -0.1) is 0 Å². The second-order valence-electron chi connectivity index (χ2n) is 4.87. The molecule has 1 saturated heterocycles. The average Bonchev–Trinajstić information content (AvgIpc) is 2.86. The molecule has 0 spiro atoms. The predicted octanol–water partition coefficient (Wildman–Crippen LogP) is 1.36. The number of nitro benzene ring substituents is 1. The highest BCUT2D eigenvalue weighted by molar-refractivity contribution is 5.75. The molecule has 1 N–H and O–H groups in total. The number of hydrogen-bond donors (Lipinski definition) is 1. The molecule has 1 aliphatic carbocycles. The van der Waals surface area contributed by atoms with Gasteiger partial charge in [0.15, 0.2) is 0 Å². The maximum atomic E-state index is 10.8. The van der Waals surface area contributed by atoms with E-state index in [1.165, 1.54) is 12.1 Å². The van der Waals surface area contributed by atoms with Gasteiger partial charge in [0, 0.05) is 30.9 Å². The van der Waals surface area contributed by atoms with E-state index in [9.17, 15) is 14.9 Å². The minimum Gasteiger partial charge on any atom is -0.481 e. The zero-order valence-electron chi connectivity index (χ0n) is 9.52. The van der Waals surface area contributed by atoms with Gasteiger partial charge < -0.3 is 10.0 Å². The van der Waals surface area contributed by atoms with Crippen LogP contribution in [0.3, 0.4) is 0 Å². The van der Waals surface area contributed by atoms with Crippen molar-refractivity contribution >= 4 is 17.3 Å². The molecule has 0 bridgehead atoms. The minimum atomic E-state index is -0.701. The molecule has 1 aromatic carbocycles. The van der Waals surface area contributed by atoms with Crippen LogP contribution in [0, 0.1) is 27.9 Å². The summed E-state index contributed by atoms with van der Waals surface area (Å²) in [5, 5.41) is 19.5. The standard InChI is InChI=1S/C12H12N2O4/c15-12(16)11-9-5-13(6-10(9)11)7-1-3-8(4-2-7)14(17)18/h1-4,9-11H,5-6H2,(H,15,16). The van der Waals surface area contributed by atoms with Gasteiger partial charge in [0.05, 0.1) is 10.8 Å². The largest absolute Gasteiger partial charge is 0.481 e. The average molecular weight is 248 g/mol. The molecule has 0 radical (unpaired) electrons. The van der Waals surface area contributed by atoms with Gasteiger partial charge in [-0.25, -0.2) is 0 Å². The third-order valence-electron chi connectivity index (χ3n) is 3.90. The number of nitrogens with zero attached hydrogens (tertiary/aromatic N) is 2. The third kappa shape index (κ3) is 1.61. The monoisotopic (exact) mass is 248 g/mol. The van der Waals surface area contributed by atoms with Crippen molar-refractivity contribution in [3.63, 3.8) is 0 Å². The number of fused-ring (bicyclic) bond motifs is 1. The molecular formula is C12H12N2O4. The predicted molar refractivity (Wildman–Crippen MR) is 63.4 cm³/mol. The van der Waals surface area contributed by atoms with Crippen LogP contribution >= 0.6 is 0 Å². The van der Waals surface area contributed by atoms with Crippen LogP contribution in [0.25, 0.3) is 0 Å². The molecule has 2 aliphatic rings. The van der Waals surface area contributed by atoms with Crippen molar-refractivity contribution in [3.8, 4) is 0 Å². The number of piperidine rings is 1. The molecule has 18 heavy (non-hydrogen) atoms. The van der Waals surface area contributed by atoms with Crippen molar-refractivity contribution in [1.82, 2.24) is 0 Å². The lowest BCUT2D eigenvalue weighted by molar-refractivity contribution is -0.384. The first-order valence-corrected chi connectivity index (χ1v) is 5.80. The highest BCUT2D eigenvalue weighted by Crippen LogP contribution is 2.52. The van der Waals surface area contributed by atoms with Crippen molar-refractivity contribution in [2.75, 3.05) is 18.0 Å². The summed E-state index contributed by atoms with van der Waals surface area (Å²) in [4.78, 5) is 23.1. The lowest BCUT2D eigenvalue weighted by Gasteiger charge is -2.21. The van der Waals surface area contributed by atoms with Crippen molar-refractivity contribution in [3.05, 3.63) is 34.4 Å². The van der Waals surface area contributed by atoms with Gasteiger partial charge in [0.25, 0.3) is 5.69 Å². The van der Waals surface area contributed by atoms with Gasteiger partial charge in [-0.2, -0.15) is 0 Å². The van der Waals surface area contributed by atoms with E-state index in [2.05, 4.69) is 4.90 Å². The highest BCUT2D eigenvalue weighted by Gasteiger charge is 2.59. The number of rotatable bonds is 3. The van der Waals surface area contributed by atoms with Gasteiger partial charge in [0.1, 0.15) is 0 Å². The van der Waals surface area contributed by atoms with E-state index in [0.29, 0.717) is 0 Å². The molecule has 1 aliphatic heterocycles. The first kappa shape index (κ1) is 11.0. The maximum absolute atomic E-state index is 10.8. The molecule has 3 rings (SSSR count). The Morgan fingerprint density at radius 1 is 1.28 bits per heavy atom. The number of carboxylic acid groups (broad SMARTS) is 1. The number of nitro groups is 1. The van der Waals surface area contributed by atoms with Crippen LogP contribution in [0.15, 0.2) is 24.3 Å². The lowest BCUT2D eigenvalue weighted by atomic mass is 10.2. The number of non-ortho nitro benzene ring substituents is 1. The summed E-state index contributed by atoms with van der Waals surface area (Å²) < 4.78 is 0. The summed E-state index contributed by atoms with van der Waals surface area (Å²) in [5.41, 5.74) is 1.00. The van der Waals surface area contributed by atoms with Crippen LogP contribution < -0.4 is 4.90 Å².